The van der Waals surface area contributed by atoms with Crippen molar-refractivity contribution in [2.75, 3.05) is 0 Å². The summed E-state index contributed by atoms with van der Waals surface area (Å²) in [6, 6.07) is 20.2. The van der Waals surface area contributed by atoms with Gasteiger partial charge in [-0.15, -0.1) is 0 Å². The van der Waals surface area contributed by atoms with E-state index in [-0.39, 0.29) is 11.6 Å². The number of fused-ring (bicyclic) bond motifs is 6. The monoisotopic (exact) mass is 366 g/mol. The van der Waals surface area contributed by atoms with Gasteiger partial charge in [0.1, 0.15) is 5.78 Å². The zero-order chi connectivity index (χ0) is 19.5. The first-order valence-electron chi connectivity index (χ1n) is 9.80. The molecule has 5 rings (SSSR count). The van der Waals surface area contributed by atoms with Gasteiger partial charge in [0.25, 0.3) is 0 Å². The molecular formula is C26H22O2. The predicted molar refractivity (Wildman–Crippen MR) is 111 cm³/mol. The molecule has 4 atom stereocenters. The minimum atomic E-state index is -0.864. The lowest BCUT2D eigenvalue weighted by molar-refractivity contribution is -0.148. The molecule has 0 saturated heterocycles. The van der Waals surface area contributed by atoms with Gasteiger partial charge < -0.3 is 0 Å². The average Bonchev–Trinajstić information content (AvgIpc) is 2.84. The van der Waals surface area contributed by atoms with Crippen LogP contribution >= 0.6 is 0 Å². The fourth-order valence-electron chi connectivity index (χ4n) is 5.66. The van der Waals surface area contributed by atoms with Crippen LogP contribution in [0.15, 0.2) is 85.0 Å². The van der Waals surface area contributed by atoms with Gasteiger partial charge in [-0.2, -0.15) is 0 Å². The molecular weight excluding hydrogens is 344 g/mol. The van der Waals surface area contributed by atoms with Crippen LogP contribution in [0.1, 0.15) is 25.0 Å². The summed E-state index contributed by atoms with van der Waals surface area (Å²) in [5.74, 6) is -0.577. The molecule has 3 aliphatic carbocycles. The largest absolute Gasteiger partial charge is 0.298 e. The number of benzene rings is 2. The molecule has 0 aliphatic heterocycles. The van der Waals surface area contributed by atoms with Crippen LogP contribution in [0.4, 0.5) is 0 Å². The third kappa shape index (κ3) is 1.93. The van der Waals surface area contributed by atoms with Crippen molar-refractivity contribution in [2.24, 2.45) is 22.7 Å². The van der Waals surface area contributed by atoms with Crippen molar-refractivity contribution in [1.82, 2.24) is 0 Å². The van der Waals surface area contributed by atoms with Crippen LogP contribution < -0.4 is 0 Å². The second-order valence-electron chi connectivity index (χ2n) is 8.34. The van der Waals surface area contributed by atoms with Crippen molar-refractivity contribution in [3.05, 3.63) is 96.1 Å². The first-order chi connectivity index (χ1) is 13.5. The predicted octanol–water partition coefficient (Wildman–Crippen LogP) is 5.13. The normalized spacial score (nSPS) is 33.4. The summed E-state index contributed by atoms with van der Waals surface area (Å²) in [7, 11) is 0. The Morgan fingerprint density at radius 2 is 1.04 bits per heavy atom. The van der Waals surface area contributed by atoms with Crippen molar-refractivity contribution in [2.45, 2.75) is 13.8 Å². The van der Waals surface area contributed by atoms with Crippen LogP contribution in [0.2, 0.25) is 0 Å². The zero-order valence-corrected chi connectivity index (χ0v) is 16.1. The second kappa shape index (κ2) is 5.75. The summed E-state index contributed by atoms with van der Waals surface area (Å²) in [5, 5.41) is 0. The maximum atomic E-state index is 14.0. The number of Topliss-reactive ketones (excluding diaryl/α,β-unsaturated/α-hetero) is 2. The van der Waals surface area contributed by atoms with Crippen LogP contribution in [0.5, 0.6) is 0 Å². The Labute approximate surface area is 165 Å². The van der Waals surface area contributed by atoms with Gasteiger partial charge in [-0.05, 0) is 36.1 Å². The first kappa shape index (κ1) is 17.1. The van der Waals surface area contributed by atoms with E-state index in [1.807, 2.05) is 74.5 Å². The maximum absolute atomic E-state index is 14.0. The van der Waals surface area contributed by atoms with Crippen molar-refractivity contribution in [1.29, 1.82) is 0 Å². The highest BCUT2D eigenvalue weighted by Crippen LogP contribution is 2.67. The Bertz CT molecular complexity index is 990. The number of hydrogen-bond donors (Lipinski definition) is 0. The summed E-state index contributed by atoms with van der Waals surface area (Å²) >= 11 is 0. The third-order valence-electron chi connectivity index (χ3n) is 6.93. The van der Waals surface area contributed by atoms with Crippen molar-refractivity contribution in [3.8, 4) is 0 Å². The maximum Gasteiger partial charge on any atom is 0.155 e. The summed E-state index contributed by atoms with van der Waals surface area (Å²) in [4.78, 5) is 27.6. The molecule has 0 N–H and O–H groups in total. The SMILES string of the molecule is CC12C(=O)C(C)(C(c3ccccc3)=C1c1ccccc1)C1C=CC=CC2C1=O. The molecule has 28 heavy (non-hydrogen) atoms. The van der Waals surface area contributed by atoms with Crippen LogP contribution in [-0.2, 0) is 9.59 Å². The van der Waals surface area contributed by atoms with E-state index in [9.17, 15) is 9.59 Å². The average molecular weight is 366 g/mol. The fourth-order valence-corrected chi connectivity index (χ4v) is 5.66. The molecule has 4 unspecified atom stereocenters. The highest BCUT2D eigenvalue weighted by atomic mass is 16.1. The van der Waals surface area contributed by atoms with Gasteiger partial charge in [-0.3, -0.25) is 9.59 Å². The third-order valence-corrected chi connectivity index (χ3v) is 6.93. The van der Waals surface area contributed by atoms with E-state index in [1.165, 1.54) is 0 Å². The number of carbonyl (C=O) groups is 2. The van der Waals surface area contributed by atoms with Crippen LogP contribution in [0.25, 0.3) is 11.1 Å². The first-order valence-corrected chi connectivity index (χ1v) is 9.80. The molecule has 2 aromatic carbocycles. The Kier molecular flexibility index (Phi) is 3.51. The quantitative estimate of drug-likeness (QED) is 0.738. The second-order valence-corrected chi connectivity index (χ2v) is 8.34. The highest BCUT2D eigenvalue weighted by Gasteiger charge is 2.69. The lowest BCUT2D eigenvalue weighted by Crippen LogP contribution is -2.53. The fraction of sp³-hybridized carbons (Fsp3) is 0.231. The van der Waals surface area contributed by atoms with Crippen LogP contribution in [0, 0.1) is 22.7 Å². The van der Waals surface area contributed by atoms with Crippen molar-refractivity contribution < 1.29 is 9.59 Å². The molecule has 138 valence electrons. The van der Waals surface area contributed by atoms with E-state index in [1.54, 1.807) is 0 Å². The van der Waals surface area contributed by atoms with Gasteiger partial charge in [-0.25, -0.2) is 0 Å². The summed E-state index contributed by atoms with van der Waals surface area (Å²) in [6.07, 6.45) is 7.70. The standard InChI is InChI=1S/C26H22O2/c1-25-19-15-9-10-16-20(23(19)27)26(2,24(25)28)22(18-13-7-4-8-14-18)21(25)17-11-5-3-6-12-17/h3-16,19-20H,1-2H3. The minimum Gasteiger partial charge on any atom is -0.298 e. The molecule has 0 aromatic heterocycles. The molecule has 2 nitrogen and oxygen atoms in total. The Morgan fingerprint density at radius 1 is 0.643 bits per heavy atom. The molecule has 0 spiro atoms. The van der Waals surface area contributed by atoms with E-state index in [4.69, 9.17) is 0 Å². The van der Waals surface area contributed by atoms with Gasteiger partial charge in [0, 0.05) is 0 Å². The minimum absolute atomic E-state index is 0.147. The van der Waals surface area contributed by atoms with E-state index < -0.39 is 22.7 Å². The molecule has 0 radical (unpaired) electrons. The molecule has 2 aromatic rings. The molecule has 3 aliphatic rings. The summed E-state index contributed by atoms with van der Waals surface area (Å²) in [6.45, 7) is 3.95. The number of carbonyl (C=O) groups excluding carboxylic acids is 2. The molecule has 2 heteroatoms. The molecule has 4 bridgehead atoms. The van der Waals surface area contributed by atoms with Crippen molar-refractivity contribution in [3.63, 3.8) is 0 Å². The Morgan fingerprint density at radius 3 is 1.43 bits per heavy atom. The van der Waals surface area contributed by atoms with Gasteiger partial charge in [-0.1, -0.05) is 85.0 Å². The number of hydrogen-bond acceptors (Lipinski definition) is 2. The molecule has 0 heterocycles. The van der Waals surface area contributed by atoms with E-state index in [2.05, 4.69) is 24.3 Å². The number of ketones is 2. The molecule has 1 saturated carbocycles. The van der Waals surface area contributed by atoms with E-state index in [0.29, 0.717) is 0 Å². The Balaban J connectivity index is 1.94. The lowest BCUT2D eigenvalue weighted by Gasteiger charge is -2.43. The zero-order valence-electron chi connectivity index (χ0n) is 16.1. The van der Waals surface area contributed by atoms with Crippen molar-refractivity contribution >= 4 is 22.7 Å². The van der Waals surface area contributed by atoms with E-state index in [0.717, 1.165) is 22.3 Å². The highest BCUT2D eigenvalue weighted by molar-refractivity contribution is 6.27. The van der Waals surface area contributed by atoms with Crippen LogP contribution in [-0.4, -0.2) is 11.6 Å². The van der Waals surface area contributed by atoms with E-state index >= 15 is 0 Å². The Hall–Kier alpha value is -3.00. The van der Waals surface area contributed by atoms with Gasteiger partial charge in [0.15, 0.2) is 5.78 Å². The smallest absolute Gasteiger partial charge is 0.155 e. The number of allylic oxidation sites excluding steroid dienone is 6. The van der Waals surface area contributed by atoms with Gasteiger partial charge in [0.05, 0.1) is 22.7 Å². The lowest BCUT2D eigenvalue weighted by atomic mass is 9.55. The summed E-state index contributed by atoms with van der Waals surface area (Å²) in [5.41, 5.74) is 2.34. The molecule has 1 fully saturated rings. The van der Waals surface area contributed by atoms with Gasteiger partial charge >= 0.3 is 0 Å². The molecule has 0 amide bonds. The summed E-state index contributed by atoms with van der Waals surface area (Å²) < 4.78 is 0. The number of rotatable bonds is 2. The van der Waals surface area contributed by atoms with Gasteiger partial charge in [0.2, 0.25) is 0 Å². The van der Waals surface area contributed by atoms with Crippen LogP contribution in [0.3, 0.4) is 0 Å². The topological polar surface area (TPSA) is 34.1 Å².